The van der Waals surface area contributed by atoms with Gasteiger partial charge in [-0.25, -0.2) is 17.8 Å². The molecular formula is C36H45FN6O6S. The van der Waals surface area contributed by atoms with Gasteiger partial charge in [-0.05, 0) is 102 Å². The number of aromatic nitrogens is 2. The second-order valence-electron chi connectivity index (χ2n) is 13.8. The highest BCUT2D eigenvalue weighted by atomic mass is 32.2. The molecule has 268 valence electrons. The summed E-state index contributed by atoms with van der Waals surface area (Å²) in [4.78, 5) is 38.7. The number of ether oxygens (including phenoxy) is 2. The lowest BCUT2D eigenvalue weighted by atomic mass is 10.1. The number of amides is 2. The Labute approximate surface area is 292 Å². The zero-order valence-electron chi connectivity index (χ0n) is 28.9. The van der Waals surface area contributed by atoms with Gasteiger partial charge < -0.3 is 25.0 Å². The van der Waals surface area contributed by atoms with Crippen LogP contribution in [0.3, 0.4) is 0 Å². The number of hydrogen-bond acceptors (Lipinski definition) is 10. The normalized spacial score (nSPS) is 23.4. The van der Waals surface area contributed by atoms with Crippen molar-refractivity contribution in [2.45, 2.75) is 74.8 Å². The van der Waals surface area contributed by atoms with E-state index in [9.17, 15) is 22.4 Å². The van der Waals surface area contributed by atoms with Gasteiger partial charge in [-0.1, -0.05) is 12.2 Å². The third-order valence-electron chi connectivity index (χ3n) is 9.60. The van der Waals surface area contributed by atoms with Gasteiger partial charge >= 0.3 is 0 Å². The molecule has 12 nitrogen and oxygen atoms in total. The van der Waals surface area contributed by atoms with E-state index < -0.39 is 44.8 Å². The summed E-state index contributed by atoms with van der Waals surface area (Å²) < 4.78 is 53.2. The highest BCUT2D eigenvalue weighted by molar-refractivity contribution is 7.91. The van der Waals surface area contributed by atoms with Crippen LogP contribution in [0.4, 0.5) is 4.39 Å². The summed E-state index contributed by atoms with van der Waals surface area (Å²) >= 11 is 0. The quantitative estimate of drug-likeness (QED) is 0.158. The molecule has 4 atom stereocenters. The Bertz CT molecular complexity index is 1880. The van der Waals surface area contributed by atoms with E-state index in [1.807, 2.05) is 45.3 Å². The topological polar surface area (TPSA) is 152 Å². The van der Waals surface area contributed by atoms with Gasteiger partial charge in [0.25, 0.3) is 5.91 Å². The molecule has 1 aromatic heterocycles. The summed E-state index contributed by atoms with van der Waals surface area (Å²) in [5, 5.41) is 6.21. The molecule has 2 heterocycles. The number of allylic oxidation sites excluding steroid dienone is 1. The van der Waals surface area contributed by atoms with E-state index in [-0.39, 0.29) is 18.2 Å². The Hall–Kier alpha value is -4.14. The number of fused-ring (bicyclic) bond motifs is 1. The van der Waals surface area contributed by atoms with Crippen LogP contribution >= 0.6 is 0 Å². The van der Waals surface area contributed by atoms with Gasteiger partial charge in [0, 0.05) is 30.0 Å². The molecule has 6 rings (SSSR count). The first-order valence-electron chi connectivity index (χ1n) is 17.1. The van der Waals surface area contributed by atoms with Crippen LogP contribution in [-0.4, -0.2) is 92.3 Å². The van der Waals surface area contributed by atoms with E-state index in [4.69, 9.17) is 19.4 Å². The predicted molar refractivity (Wildman–Crippen MR) is 188 cm³/mol. The van der Waals surface area contributed by atoms with E-state index in [0.29, 0.717) is 59.7 Å². The van der Waals surface area contributed by atoms with Crippen LogP contribution < -0.4 is 24.8 Å². The average molecular weight is 709 g/mol. The Morgan fingerprint density at radius 3 is 2.58 bits per heavy atom. The minimum Gasteiger partial charge on any atom is -0.496 e. The highest BCUT2D eigenvalue weighted by Gasteiger charge is 2.61. The first-order valence-corrected chi connectivity index (χ1v) is 18.7. The molecule has 1 unspecified atom stereocenters. The van der Waals surface area contributed by atoms with Crippen molar-refractivity contribution in [1.29, 1.82) is 0 Å². The maximum absolute atomic E-state index is 13.7. The summed E-state index contributed by atoms with van der Waals surface area (Å²) in [7, 11) is 1.84. The summed E-state index contributed by atoms with van der Waals surface area (Å²) in [5.41, 5.74) is 0.671. The number of aryl methyl sites for hydroxylation is 1. The van der Waals surface area contributed by atoms with E-state index in [1.54, 1.807) is 19.2 Å². The summed E-state index contributed by atoms with van der Waals surface area (Å²) in [5.74, 6) is -0.490. The molecule has 2 saturated carbocycles. The lowest BCUT2D eigenvalue weighted by molar-refractivity contribution is -0.130. The number of nitrogens with zero attached hydrogens (tertiary/aromatic N) is 3. The third kappa shape index (κ3) is 7.92. The molecule has 2 aliphatic carbocycles. The molecule has 3 N–H and O–H groups in total. The molecule has 3 fully saturated rings. The van der Waals surface area contributed by atoms with Crippen molar-refractivity contribution in [1.82, 2.24) is 30.2 Å². The Kier molecular flexibility index (Phi) is 10.4. The molecule has 2 aromatic carbocycles. The zero-order valence-corrected chi connectivity index (χ0v) is 29.7. The highest BCUT2D eigenvalue weighted by Crippen LogP contribution is 2.46. The van der Waals surface area contributed by atoms with Gasteiger partial charge in [-0.3, -0.25) is 14.3 Å². The summed E-state index contributed by atoms with van der Waals surface area (Å²) in [6, 6.07) is 8.82. The van der Waals surface area contributed by atoms with Crippen molar-refractivity contribution in [3.05, 3.63) is 59.9 Å². The molecule has 3 aromatic rings. The van der Waals surface area contributed by atoms with E-state index in [0.717, 1.165) is 31.4 Å². The van der Waals surface area contributed by atoms with Crippen molar-refractivity contribution in [3.63, 3.8) is 0 Å². The van der Waals surface area contributed by atoms with Crippen LogP contribution in [0.2, 0.25) is 0 Å². The Balaban J connectivity index is 1.16. The van der Waals surface area contributed by atoms with Crippen LogP contribution in [0.1, 0.15) is 50.5 Å². The minimum absolute atomic E-state index is 0.281. The van der Waals surface area contributed by atoms with Crippen LogP contribution in [0.25, 0.3) is 22.3 Å². The lowest BCUT2D eigenvalue weighted by Gasteiger charge is -2.21. The van der Waals surface area contributed by atoms with Crippen LogP contribution in [0.5, 0.6) is 11.6 Å². The SMILES string of the molecule is COc1ccc2c(O[C@H]3CN[C@H](C(=O)NC4(C(=O)NS(=O)(=O)C5CC5)C[C@H]4/C=C\CCCCN(C)C)C3)nc(-c3ccc(F)cc3)nc2c1C. The number of methoxy groups -OCH3 is 1. The van der Waals surface area contributed by atoms with Gasteiger partial charge in [0.05, 0.1) is 29.3 Å². The fraction of sp³-hybridized carbons (Fsp3) is 0.500. The van der Waals surface area contributed by atoms with E-state index in [1.165, 1.54) is 12.1 Å². The number of hydrogen-bond donors (Lipinski definition) is 3. The van der Waals surface area contributed by atoms with Crippen molar-refractivity contribution < 1.29 is 31.9 Å². The number of halogens is 1. The van der Waals surface area contributed by atoms with Crippen molar-refractivity contribution in [2.24, 2.45) is 5.92 Å². The second-order valence-corrected chi connectivity index (χ2v) is 15.7. The van der Waals surface area contributed by atoms with Crippen molar-refractivity contribution >= 4 is 32.7 Å². The first-order chi connectivity index (χ1) is 23.9. The number of benzene rings is 2. The van der Waals surface area contributed by atoms with Crippen molar-refractivity contribution in [2.75, 3.05) is 34.3 Å². The average Bonchev–Trinajstić information content (AvgIpc) is 4.00. The molecule has 0 bridgehead atoms. The molecular weight excluding hydrogens is 663 g/mol. The first kappa shape index (κ1) is 35.7. The maximum Gasteiger partial charge on any atom is 0.259 e. The molecule has 2 amide bonds. The number of nitrogens with one attached hydrogen (secondary N) is 3. The fourth-order valence-corrected chi connectivity index (χ4v) is 7.76. The second kappa shape index (κ2) is 14.6. The number of unbranched alkanes of at least 4 members (excludes halogenated alkanes) is 2. The molecule has 1 saturated heterocycles. The monoisotopic (exact) mass is 708 g/mol. The van der Waals surface area contributed by atoms with Gasteiger partial charge in [0.1, 0.15) is 23.2 Å². The minimum atomic E-state index is -3.80. The molecule has 1 aliphatic heterocycles. The summed E-state index contributed by atoms with van der Waals surface area (Å²) in [6.45, 7) is 3.20. The van der Waals surface area contributed by atoms with E-state index >= 15 is 0 Å². The Morgan fingerprint density at radius 1 is 1.12 bits per heavy atom. The van der Waals surface area contributed by atoms with Crippen LogP contribution in [-0.2, 0) is 19.6 Å². The van der Waals surface area contributed by atoms with Crippen molar-refractivity contribution in [3.8, 4) is 23.0 Å². The smallest absolute Gasteiger partial charge is 0.259 e. The number of sulfonamides is 1. The predicted octanol–water partition coefficient (Wildman–Crippen LogP) is 3.63. The molecule has 3 aliphatic rings. The van der Waals surface area contributed by atoms with Gasteiger partial charge in [-0.15, -0.1) is 0 Å². The largest absolute Gasteiger partial charge is 0.496 e. The van der Waals surface area contributed by atoms with E-state index in [2.05, 4.69) is 20.3 Å². The Morgan fingerprint density at radius 2 is 1.88 bits per heavy atom. The number of carbonyl (C=O) groups excluding carboxylic acids is 2. The van der Waals surface area contributed by atoms with Crippen LogP contribution in [0.15, 0.2) is 48.6 Å². The fourth-order valence-electron chi connectivity index (χ4n) is 6.40. The van der Waals surface area contributed by atoms with Gasteiger partial charge in [-0.2, -0.15) is 4.98 Å². The number of rotatable bonds is 15. The number of carbonyl (C=O) groups is 2. The molecule has 0 radical (unpaired) electrons. The van der Waals surface area contributed by atoms with Gasteiger partial charge in [0.2, 0.25) is 21.8 Å². The standard InChI is InChI=1S/C36H45FN6O6S/c1-22-30(48-4)17-16-28-31(22)39-32(23-10-12-25(37)13-11-23)40-34(28)49-26-19-29(38-21-26)33(44)41-36(35(45)42-50(46,47)27-14-15-27)20-24(36)9-7-5-6-8-18-43(2)3/h7,9-13,16-17,24,26-27,29,38H,5-6,8,14-15,18-21H2,1-4H3,(H,41,44)(H,42,45)/b9-7-/t24-,26-,29+,36?/m1/s1. The van der Waals surface area contributed by atoms with Gasteiger partial charge in [0.15, 0.2) is 5.82 Å². The molecule has 0 spiro atoms. The lowest BCUT2D eigenvalue weighted by Crippen LogP contribution is -2.55. The molecule has 50 heavy (non-hydrogen) atoms. The molecule has 14 heteroatoms. The maximum atomic E-state index is 13.7. The van der Waals surface area contributed by atoms with Crippen LogP contribution in [0, 0.1) is 18.7 Å². The third-order valence-corrected chi connectivity index (χ3v) is 11.4. The summed E-state index contributed by atoms with van der Waals surface area (Å²) in [6.07, 6.45) is 7.95. The zero-order chi connectivity index (χ0) is 35.6.